The molecule has 1 atom stereocenters. The number of thiophene rings is 1. The van der Waals surface area contributed by atoms with Crippen LogP contribution < -0.4 is 9.64 Å². The molecule has 0 aliphatic carbocycles. The molecule has 27 heavy (non-hydrogen) atoms. The largest absolute Gasteiger partial charge is 0.497 e. The van der Waals surface area contributed by atoms with E-state index in [1.165, 1.54) is 5.56 Å². The number of nitrogens with zero attached hydrogens (tertiary/aromatic N) is 2. The van der Waals surface area contributed by atoms with Gasteiger partial charge in [-0.1, -0.05) is 12.1 Å². The van der Waals surface area contributed by atoms with E-state index in [1.54, 1.807) is 18.4 Å². The van der Waals surface area contributed by atoms with Crippen molar-refractivity contribution in [2.45, 2.75) is 12.1 Å². The van der Waals surface area contributed by atoms with Crippen LogP contribution in [0.3, 0.4) is 0 Å². The number of amides is 1. The summed E-state index contributed by atoms with van der Waals surface area (Å²) in [4.78, 5) is 16.6. The first-order valence-corrected chi connectivity index (χ1v) is 10.0. The molecule has 2 aromatic rings. The predicted octanol–water partition coefficient (Wildman–Crippen LogP) is 2.39. The fraction of sp³-hybridized carbons (Fsp3) is 0.450. The number of rotatable bonds is 4. The van der Waals surface area contributed by atoms with Gasteiger partial charge in [-0.15, -0.1) is 0 Å². The van der Waals surface area contributed by atoms with Gasteiger partial charge in [-0.2, -0.15) is 11.3 Å². The fourth-order valence-electron chi connectivity index (χ4n) is 3.65. The second-order valence-corrected chi connectivity index (χ2v) is 7.82. The van der Waals surface area contributed by atoms with Crippen LogP contribution in [-0.2, 0) is 20.8 Å². The number of carbonyl (C=O) groups is 1. The highest BCUT2D eigenvalue weighted by Gasteiger charge is 2.43. The Balaban J connectivity index is 1.49. The molecule has 7 heteroatoms. The summed E-state index contributed by atoms with van der Waals surface area (Å²) in [5, 5.41) is 3.99. The molecule has 1 aromatic carbocycles. The number of ether oxygens (including phenoxy) is 3. The van der Waals surface area contributed by atoms with Crippen molar-refractivity contribution in [2.24, 2.45) is 0 Å². The highest BCUT2D eigenvalue weighted by Crippen LogP contribution is 2.29. The van der Waals surface area contributed by atoms with Gasteiger partial charge in [0.1, 0.15) is 18.0 Å². The molecule has 6 nitrogen and oxygen atoms in total. The first-order valence-electron chi connectivity index (χ1n) is 9.07. The van der Waals surface area contributed by atoms with Crippen molar-refractivity contribution in [2.75, 3.05) is 51.5 Å². The van der Waals surface area contributed by atoms with Crippen molar-refractivity contribution < 1.29 is 19.0 Å². The standard InChI is InChI=1S/C20H24N2O4S/c1-24-18-4-2-16(3-5-18)10-21-7-8-25-15-20(13-21)14-22(19(23)11-26-20)17-6-9-27-12-17/h2-6,9,12H,7-8,10-11,13-15H2,1H3. The number of benzene rings is 1. The van der Waals surface area contributed by atoms with Crippen molar-refractivity contribution in [3.05, 3.63) is 46.7 Å². The van der Waals surface area contributed by atoms with E-state index >= 15 is 0 Å². The number of morpholine rings is 1. The molecule has 1 unspecified atom stereocenters. The van der Waals surface area contributed by atoms with Crippen LogP contribution in [0.2, 0.25) is 0 Å². The van der Waals surface area contributed by atoms with Gasteiger partial charge in [0.15, 0.2) is 0 Å². The van der Waals surface area contributed by atoms with Gasteiger partial charge in [0, 0.05) is 25.0 Å². The summed E-state index contributed by atoms with van der Waals surface area (Å²) in [5.41, 5.74) is 1.66. The molecule has 3 heterocycles. The number of hydrogen-bond donors (Lipinski definition) is 0. The zero-order chi connectivity index (χ0) is 18.7. The predicted molar refractivity (Wildman–Crippen MR) is 104 cm³/mol. The van der Waals surface area contributed by atoms with Gasteiger partial charge in [-0.3, -0.25) is 9.69 Å². The maximum absolute atomic E-state index is 12.4. The summed E-state index contributed by atoms with van der Waals surface area (Å²) in [7, 11) is 1.67. The summed E-state index contributed by atoms with van der Waals surface area (Å²) in [6, 6.07) is 10.1. The summed E-state index contributed by atoms with van der Waals surface area (Å²) >= 11 is 1.59. The van der Waals surface area contributed by atoms with E-state index < -0.39 is 5.60 Å². The van der Waals surface area contributed by atoms with Gasteiger partial charge in [-0.25, -0.2) is 0 Å². The molecule has 0 saturated carbocycles. The van der Waals surface area contributed by atoms with Crippen molar-refractivity contribution in [3.8, 4) is 5.75 Å². The van der Waals surface area contributed by atoms with E-state index in [2.05, 4.69) is 17.0 Å². The second kappa shape index (κ2) is 7.98. The van der Waals surface area contributed by atoms with E-state index in [1.807, 2.05) is 33.9 Å². The van der Waals surface area contributed by atoms with Gasteiger partial charge >= 0.3 is 0 Å². The van der Waals surface area contributed by atoms with Crippen LogP contribution in [0.25, 0.3) is 0 Å². The Morgan fingerprint density at radius 2 is 2.07 bits per heavy atom. The van der Waals surface area contributed by atoms with Gasteiger partial charge < -0.3 is 19.1 Å². The Morgan fingerprint density at radius 1 is 1.22 bits per heavy atom. The van der Waals surface area contributed by atoms with Crippen molar-refractivity contribution in [3.63, 3.8) is 0 Å². The maximum Gasteiger partial charge on any atom is 0.253 e. The molecule has 2 saturated heterocycles. The zero-order valence-corrected chi connectivity index (χ0v) is 16.2. The third-order valence-corrected chi connectivity index (χ3v) is 5.73. The highest BCUT2D eigenvalue weighted by molar-refractivity contribution is 7.08. The van der Waals surface area contributed by atoms with Crippen LogP contribution in [-0.4, -0.2) is 63.0 Å². The summed E-state index contributed by atoms with van der Waals surface area (Å²) in [5.74, 6) is 0.861. The Hall–Kier alpha value is -1.93. The molecule has 0 bridgehead atoms. The SMILES string of the molecule is COc1ccc(CN2CCOCC3(C2)CN(c2ccsc2)C(=O)CO3)cc1. The first kappa shape index (κ1) is 18.4. The van der Waals surface area contributed by atoms with Crippen molar-refractivity contribution >= 4 is 22.9 Å². The van der Waals surface area contributed by atoms with E-state index in [0.717, 1.165) is 31.1 Å². The molecule has 0 radical (unpaired) electrons. The lowest BCUT2D eigenvalue weighted by Gasteiger charge is -2.42. The van der Waals surface area contributed by atoms with E-state index in [9.17, 15) is 4.79 Å². The minimum Gasteiger partial charge on any atom is -0.497 e. The molecule has 144 valence electrons. The van der Waals surface area contributed by atoms with Crippen molar-refractivity contribution in [1.29, 1.82) is 0 Å². The molecule has 0 N–H and O–H groups in total. The quantitative estimate of drug-likeness (QED) is 0.805. The lowest BCUT2D eigenvalue weighted by atomic mass is 10.0. The normalized spacial score (nSPS) is 24.2. The fourth-order valence-corrected chi connectivity index (χ4v) is 4.29. The molecule has 1 amide bonds. The molecule has 2 aliphatic heterocycles. The minimum atomic E-state index is -0.501. The lowest BCUT2D eigenvalue weighted by molar-refractivity contribution is -0.146. The van der Waals surface area contributed by atoms with Crippen LogP contribution >= 0.6 is 11.3 Å². The molecular formula is C20H24N2O4S. The van der Waals surface area contributed by atoms with Crippen LogP contribution in [0.1, 0.15) is 5.56 Å². The van der Waals surface area contributed by atoms with Crippen LogP contribution in [0.4, 0.5) is 5.69 Å². The second-order valence-electron chi connectivity index (χ2n) is 7.04. The van der Waals surface area contributed by atoms with Crippen LogP contribution in [0, 0.1) is 0 Å². The van der Waals surface area contributed by atoms with E-state index in [4.69, 9.17) is 14.2 Å². The third kappa shape index (κ3) is 4.16. The van der Waals surface area contributed by atoms with Gasteiger partial charge in [0.05, 0.1) is 32.6 Å². The molecule has 2 fully saturated rings. The smallest absolute Gasteiger partial charge is 0.253 e. The first-order chi connectivity index (χ1) is 13.2. The monoisotopic (exact) mass is 388 g/mol. The number of anilines is 1. The molecule has 1 spiro atoms. The Morgan fingerprint density at radius 3 is 2.81 bits per heavy atom. The molecular weight excluding hydrogens is 364 g/mol. The Kier molecular flexibility index (Phi) is 5.45. The van der Waals surface area contributed by atoms with Gasteiger partial charge in [-0.05, 0) is 29.1 Å². The third-order valence-electron chi connectivity index (χ3n) is 5.06. The summed E-state index contributed by atoms with van der Waals surface area (Å²) < 4.78 is 17.2. The number of methoxy groups -OCH3 is 1. The van der Waals surface area contributed by atoms with Gasteiger partial charge in [0.25, 0.3) is 5.91 Å². The zero-order valence-electron chi connectivity index (χ0n) is 15.4. The average molecular weight is 388 g/mol. The van der Waals surface area contributed by atoms with E-state index in [-0.39, 0.29) is 12.5 Å². The maximum atomic E-state index is 12.4. The lowest BCUT2D eigenvalue weighted by Crippen LogP contribution is -2.60. The van der Waals surface area contributed by atoms with Crippen LogP contribution in [0.5, 0.6) is 5.75 Å². The minimum absolute atomic E-state index is 0.00461. The van der Waals surface area contributed by atoms with Gasteiger partial charge in [0.2, 0.25) is 0 Å². The Bertz CT molecular complexity index is 765. The molecule has 1 aromatic heterocycles. The summed E-state index contributed by atoms with van der Waals surface area (Å²) in [6.07, 6.45) is 0. The number of carbonyl (C=O) groups excluding carboxylic acids is 1. The van der Waals surface area contributed by atoms with Crippen molar-refractivity contribution in [1.82, 2.24) is 4.90 Å². The topological polar surface area (TPSA) is 51.2 Å². The average Bonchev–Trinajstić information content (AvgIpc) is 3.15. The van der Waals surface area contributed by atoms with Crippen LogP contribution in [0.15, 0.2) is 41.1 Å². The highest BCUT2D eigenvalue weighted by atomic mass is 32.1. The molecule has 2 aliphatic rings. The Labute approximate surface area is 163 Å². The summed E-state index contributed by atoms with van der Waals surface area (Å²) in [6.45, 7) is 4.15. The molecule has 4 rings (SSSR count). The van der Waals surface area contributed by atoms with E-state index in [0.29, 0.717) is 19.8 Å². The number of hydrogen-bond acceptors (Lipinski definition) is 6.